The summed E-state index contributed by atoms with van der Waals surface area (Å²) in [6, 6.07) is 2.30. The van der Waals surface area contributed by atoms with E-state index in [4.69, 9.17) is 23.7 Å². The Morgan fingerprint density at radius 2 is 1.26 bits per heavy atom. The molecule has 0 heterocycles. The van der Waals surface area contributed by atoms with Gasteiger partial charge in [-0.15, -0.1) is 0 Å². The molecule has 0 bridgehead atoms. The van der Waals surface area contributed by atoms with Crippen molar-refractivity contribution in [3.05, 3.63) is 0 Å². The summed E-state index contributed by atoms with van der Waals surface area (Å²) in [5, 5.41) is 9.86. The van der Waals surface area contributed by atoms with Crippen LogP contribution in [0.5, 0.6) is 0 Å². The minimum atomic E-state index is -0.898. The Kier molecular flexibility index (Phi) is 13.4. The molecule has 0 aliphatic carbocycles. The maximum absolute atomic E-state index is 11.8. The summed E-state index contributed by atoms with van der Waals surface area (Å²) in [6.45, 7) is 10.5. The molecule has 0 saturated heterocycles. The summed E-state index contributed by atoms with van der Waals surface area (Å²) >= 11 is 0. The van der Waals surface area contributed by atoms with Crippen molar-refractivity contribution in [2.24, 2.45) is 5.41 Å². The predicted octanol–water partition coefficient (Wildman–Crippen LogP) is 3.25. The summed E-state index contributed by atoms with van der Waals surface area (Å²) < 4.78 is 26.6. The molecule has 0 amide bonds. The SMILES string of the molecule is COC(C)(C)CC(C)(C#N)CC(CC(CC(CCOC(C)=O)OC(C)=O)OC(C)=O)OC(C)=O. The fourth-order valence-electron chi connectivity index (χ4n) is 3.89. The second kappa shape index (κ2) is 14.6. The average Bonchev–Trinajstić information content (AvgIpc) is 2.65. The molecule has 0 N–H and O–H groups in total. The topological polar surface area (TPSA) is 138 Å². The lowest BCUT2D eigenvalue weighted by molar-refractivity contribution is -0.157. The molecule has 10 heteroatoms. The van der Waals surface area contributed by atoms with Crippen LogP contribution in [-0.2, 0) is 42.9 Å². The van der Waals surface area contributed by atoms with Crippen molar-refractivity contribution >= 4 is 23.9 Å². The Labute approximate surface area is 202 Å². The number of nitrogens with zero attached hydrogens (tertiary/aromatic N) is 1. The molecule has 0 saturated carbocycles. The highest BCUT2D eigenvalue weighted by molar-refractivity contribution is 5.67. The summed E-state index contributed by atoms with van der Waals surface area (Å²) in [6.07, 6.45) is -1.27. The zero-order valence-electron chi connectivity index (χ0n) is 21.6. The van der Waals surface area contributed by atoms with Crippen molar-refractivity contribution in [3.63, 3.8) is 0 Å². The molecule has 0 rings (SSSR count). The molecular formula is C24H39NO9. The molecule has 0 aliphatic rings. The summed E-state index contributed by atoms with van der Waals surface area (Å²) in [5.41, 5.74) is -1.48. The molecule has 10 nitrogen and oxygen atoms in total. The van der Waals surface area contributed by atoms with Gasteiger partial charge in [0.1, 0.15) is 18.3 Å². The first-order valence-electron chi connectivity index (χ1n) is 11.2. The lowest BCUT2D eigenvalue weighted by Crippen LogP contribution is -2.37. The smallest absolute Gasteiger partial charge is 0.302 e. The molecule has 0 spiro atoms. The molecule has 34 heavy (non-hydrogen) atoms. The van der Waals surface area contributed by atoms with Gasteiger partial charge in [-0.25, -0.2) is 0 Å². The minimum Gasteiger partial charge on any atom is -0.466 e. The minimum absolute atomic E-state index is 0.0199. The number of ether oxygens (including phenoxy) is 5. The summed E-state index contributed by atoms with van der Waals surface area (Å²) in [7, 11) is 1.56. The molecule has 0 radical (unpaired) electrons. The third-order valence-electron chi connectivity index (χ3n) is 5.11. The first kappa shape index (κ1) is 31.3. The fourth-order valence-corrected chi connectivity index (χ4v) is 3.89. The van der Waals surface area contributed by atoms with E-state index < -0.39 is 53.2 Å². The van der Waals surface area contributed by atoms with E-state index in [1.807, 2.05) is 13.8 Å². The molecule has 4 unspecified atom stereocenters. The van der Waals surface area contributed by atoms with Crippen LogP contribution in [0.15, 0.2) is 0 Å². The van der Waals surface area contributed by atoms with Gasteiger partial charge in [-0.05, 0) is 27.2 Å². The first-order chi connectivity index (χ1) is 15.6. The predicted molar refractivity (Wildman–Crippen MR) is 121 cm³/mol. The monoisotopic (exact) mass is 485 g/mol. The highest BCUT2D eigenvalue weighted by Gasteiger charge is 2.37. The molecule has 0 aromatic heterocycles. The van der Waals surface area contributed by atoms with Crippen molar-refractivity contribution in [1.29, 1.82) is 5.26 Å². The maximum Gasteiger partial charge on any atom is 0.302 e. The third kappa shape index (κ3) is 14.5. The Hall–Kier alpha value is -2.67. The van der Waals surface area contributed by atoms with Gasteiger partial charge in [-0.2, -0.15) is 5.26 Å². The number of methoxy groups -OCH3 is 1. The fraction of sp³-hybridized carbons (Fsp3) is 0.792. The zero-order valence-corrected chi connectivity index (χ0v) is 21.6. The van der Waals surface area contributed by atoms with Gasteiger partial charge in [0.25, 0.3) is 0 Å². The largest absolute Gasteiger partial charge is 0.466 e. The van der Waals surface area contributed by atoms with Crippen LogP contribution in [0, 0.1) is 16.7 Å². The van der Waals surface area contributed by atoms with E-state index in [0.717, 1.165) is 0 Å². The quantitative estimate of drug-likeness (QED) is 0.251. The molecule has 0 fully saturated rings. The number of hydrogen-bond donors (Lipinski definition) is 0. The van der Waals surface area contributed by atoms with Crippen molar-refractivity contribution in [2.75, 3.05) is 13.7 Å². The van der Waals surface area contributed by atoms with E-state index in [1.54, 1.807) is 14.0 Å². The van der Waals surface area contributed by atoms with Gasteiger partial charge in [0, 0.05) is 60.5 Å². The van der Waals surface area contributed by atoms with Crippen molar-refractivity contribution < 1.29 is 42.9 Å². The van der Waals surface area contributed by atoms with Gasteiger partial charge in [-0.3, -0.25) is 19.2 Å². The lowest BCUT2D eigenvalue weighted by Gasteiger charge is -2.35. The van der Waals surface area contributed by atoms with Crippen molar-refractivity contribution in [2.45, 2.75) is 104 Å². The van der Waals surface area contributed by atoms with Crippen LogP contribution < -0.4 is 0 Å². The van der Waals surface area contributed by atoms with Crippen LogP contribution in [-0.4, -0.2) is 61.5 Å². The van der Waals surface area contributed by atoms with Crippen molar-refractivity contribution in [3.8, 4) is 6.07 Å². The van der Waals surface area contributed by atoms with Crippen LogP contribution in [0.4, 0.5) is 0 Å². The van der Waals surface area contributed by atoms with Gasteiger partial charge in [-0.1, -0.05) is 0 Å². The van der Waals surface area contributed by atoms with Crippen LogP contribution >= 0.6 is 0 Å². The summed E-state index contributed by atoms with van der Waals surface area (Å²) in [5.74, 6) is -2.10. The normalized spacial score (nSPS) is 15.6. The van der Waals surface area contributed by atoms with Crippen LogP contribution in [0.25, 0.3) is 0 Å². The van der Waals surface area contributed by atoms with E-state index in [9.17, 15) is 24.4 Å². The Bertz CT molecular complexity index is 743. The number of carbonyl (C=O) groups is 4. The molecule has 0 aliphatic heterocycles. The van der Waals surface area contributed by atoms with Gasteiger partial charge in [0.2, 0.25) is 0 Å². The third-order valence-corrected chi connectivity index (χ3v) is 5.11. The highest BCUT2D eigenvalue weighted by atomic mass is 16.6. The van der Waals surface area contributed by atoms with Crippen LogP contribution in [0.1, 0.15) is 80.6 Å². The number of nitriles is 1. The molecule has 194 valence electrons. The maximum atomic E-state index is 11.8. The van der Waals surface area contributed by atoms with Gasteiger partial charge in [0.05, 0.1) is 23.7 Å². The van der Waals surface area contributed by atoms with Crippen molar-refractivity contribution in [1.82, 2.24) is 0 Å². The zero-order chi connectivity index (χ0) is 26.5. The van der Waals surface area contributed by atoms with Gasteiger partial charge >= 0.3 is 23.9 Å². The van der Waals surface area contributed by atoms with E-state index in [2.05, 4.69) is 6.07 Å². The molecule has 0 aromatic carbocycles. The Balaban J connectivity index is 5.69. The Morgan fingerprint density at radius 3 is 1.71 bits per heavy atom. The number of carbonyl (C=O) groups excluding carboxylic acids is 4. The van der Waals surface area contributed by atoms with Crippen LogP contribution in [0.2, 0.25) is 0 Å². The standard InChI is InChI=1S/C24H39NO9/c1-16(26)31-10-9-20(32-17(2)27)11-21(33-18(3)28)12-22(34-19(4)29)13-24(7,15-25)14-23(5,6)30-8/h20-22H,9-14H2,1-8H3. The van der Waals surface area contributed by atoms with E-state index in [-0.39, 0.29) is 32.3 Å². The lowest BCUT2D eigenvalue weighted by atomic mass is 9.76. The van der Waals surface area contributed by atoms with E-state index >= 15 is 0 Å². The summed E-state index contributed by atoms with van der Waals surface area (Å²) in [4.78, 5) is 46.2. The first-order valence-corrected chi connectivity index (χ1v) is 11.2. The second-order valence-electron chi connectivity index (χ2n) is 9.31. The second-order valence-corrected chi connectivity index (χ2v) is 9.31. The number of hydrogen-bond acceptors (Lipinski definition) is 10. The number of rotatable bonds is 15. The highest BCUT2D eigenvalue weighted by Crippen LogP contribution is 2.36. The average molecular weight is 486 g/mol. The molecule has 0 aromatic rings. The van der Waals surface area contributed by atoms with Gasteiger partial charge in [0.15, 0.2) is 0 Å². The number of esters is 4. The van der Waals surface area contributed by atoms with Gasteiger partial charge < -0.3 is 23.7 Å². The van der Waals surface area contributed by atoms with E-state index in [1.165, 1.54) is 27.7 Å². The van der Waals surface area contributed by atoms with Crippen LogP contribution in [0.3, 0.4) is 0 Å². The van der Waals surface area contributed by atoms with E-state index in [0.29, 0.717) is 6.42 Å². The molecular weight excluding hydrogens is 446 g/mol. The molecule has 4 atom stereocenters. The Morgan fingerprint density at radius 1 is 0.794 bits per heavy atom.